The minimum absolute atomic E-state index is 0.170. The molecular formula is C15H11FN2O3. The maximum atomic E-state index is 13.0. The van der Waals surface area contributed by atoms with Gasteiger partial charge in [0.2, 0.25) is 0 Å². The third-order valence-electron chi connectivity index (χ3n) is 2.53. The number of nitrogens with one attached hydrogen (secondary N) is 1. The Hall–Kier alpha value is -3.02. The molecule has 1 aromatic heterocycles. The predicted octanol–water partition coefficient (Wildman–Crippen LogP) is 2.57. The standard InChI is InChI=1S/C15H11FN2O3/c16-12-3-1-2-11(9-12)15(21)18-13-8-10(6-7-17-13)4-5-14(19)20/h1-9H,(H,19,20)(H,17,18,21)/b5-4+. The molecule has 0 aliphatic rings. The van der Waals surface area contributed by atoms with E-state index in [0.717, 1.165) is 12.1 Å². The monoisotopic (exact) mass is 286 g/mol. The molecule has 0 atom stereocenters. The molecule has 0 aliphatic carbocycles. The van der Waals surface area contributed by atoms with E-state index >= 15 is 0 Å². The zero-order valence-corrected chi connectivity index (χ0v) is 10.8. The van der Waals surface area contributed by atoms with Crippen molar-refractivity contribution < 1.29 is 19.1 Å². The SMILES string of the molecule is O=C(O)/C=C/c1ccnc(NC(=O)c2cccc(F)c2)c1. The van der Waals surface area contributed by atoms with Gasteiger partial charge in [-0.15, -0.1) is 0 Å². The van der Waals surface area contributed by atoms with Crippen molar-refractivity contribution >= 4 is 23.8 Å². The van der Waals surface area contributed by atoms with E-state index < -0.39 is 17.7 Å². The normalized spacial score (nSPS) is 10.5. The molecule has 6 heteroatoms. The molecule has 0 saturated heterocycles. The Kier molecular flexibility index (Phi) is 4.40. The lowest BCUT2D eigenvalue weighted by molar-refractivity contribution is -0.131. The molecule has 0 fully saturated rings. The molecule has 2 aromatic rings. The number of pyridine rings is 1. The van der Waals surface area contributed by atoms with Crippen molar-refractivity contribution in [1.82, 2.24) is 4.98 Å². The fraction of sp³-hybridized carbons (Fsp3) is 0. The van der Waals surface area contributed by atoms with Gasteiger partial charge in [0.1, 0.15) is 11.6 Å². The third-order valence-corrected chi connectivity index (χ3v) is 2.53. The molecule has 0 bridgehead atoms. The molecule has 1 amide bonds. The molecule has 5 nitrogen and oxygen atoms in total. The number of rotatable bonds is 4. The molecule has 0 aliphatic heterocycles. The van der Waals surface area contributed by atoms with Crippen molar-refractivity contribution in [2.24, 2.45) is 0 Å². The fourth-order valence-electron chi connectivity index (χ4n) is 1.60. The van der Waals surface area contributed by atoms with Crippen molar-refractivity contribution in [2.45, 2.75) is 0 Å². The fourth-order valence-corrected chi connectivity index (χ4v) is 1.60. The van der Waals surface area contributed by atoms with Gasteiger partial charge >= 0.3 is 5.97 Å². The van der Waals surface area contributed by atoms with Crippen LogP contribution < -0.4 is 5.32 Å². The van der Waals surface area contributed by atoms with Crippen molar-refractivity contribution in [2.75, 3.05) is 5.32 Å². The average Bonchev–Trinajstić information content (AvgIpc) is 2.45. The second-order valence-corrected chi connectivity index (χ2v) is 4.11. The summed E-state index contributed by atoms with van der Waals surface area (Å²) in [5.74, 6) is -1.83. The minimum Gasteiger partial charge on any atom is -0.478 e. The molecule has 0 radical (unpaired) electrons. The van der Waals surface area contributed by atoms with Gasteiger partial charge in [0.25, 0.3) is 5.91 Å². The van der Waals surface area contributed by atoms with Crippen LogP contribution in [-0.4, -0.2) is 22.0 Å². The van der Waals surface area contributed by atoms with E-state index in [-0.39, 0.29) is 11.4 Å². The van der Waals surface area contributed by atoms with Gasteiger partial charge in [0, 0.05) is 17.8 Å². The van der Waals surface area contributed by atoms with E-state index in [0.29, 0.717) is 5.56 Å². The van der Waals surface area contributed by atoms with Gasteiger partial charge in [-0.2, -0.15) is 0 Å². The first-order chi connectivity index (χ1) is 10.0. The van der Waals surface area contributed by atoms with Crippen LogP contribution in [0.2, 0.25) is 0 Å². The number of carbonyl (C=O) groups excluding carboxylic acids is 1. The topological polar surface area (TPSA) is 79.3 Å². The maximum absolute atomic E-state index is 13.0. The highest BCUT2D eigenvalue weighted by Gasteiger charge is 2.07. The van der Waals surface area contributed by atoms with Crippen LogP contribution in [0.4, 0.5) is 10.2 Å². The molecule has 0 saturated carbocycles. The lowest BCUT2D eigenvalue weighted by atomic mass is 10.2. The van der Waals surface area contributed by atoms with E-state index in [1.807, 2.05) is 0 Å². The molecule has 1 heterocycles. The minimum atomic E-state index is -1.07. The highest BCUT2D eigenvalue weighted by Crippen LogP contribution is 2.11. The molecule has 0 unspecified atom stereocenters. The Bertz CT molecular complexity index is 714. The molecule has 2 rings (SSSR count). The first-order valence-electron chi connectivity index (χ1n) is 5.98. The number of anilines is 1. The zero-order chi connectivity index (χ0) is 15.2. The highest BCUT2D eigenvalue weighted by molar-refractivity contribution is 6.03. The quantitative estimate of drug-likeness (QED) is 0.847. The summed E-state index contributed by atoms with van der Waals surface area (Å²) in [6, 6.07) is 8.38. The number of carboxylic acid groups (broad SMARTS) is 1. The van der Waals surface area contributed by atoms with Gasteiger partial charge in [-0.05, 0) is 42.0 Å². The Morgan fingerprint density at radius 3 is 2.76 bits per heavy atom. The summed E-state index contributed by atoms with van der Waals surface area (Å²) < 4.78 is 13.0. The summed E-state index contributed by atoms with van der Waals surface area (Å²) >= 11 is 0. The van der Waals surface area contributed by atoms with Gasteiger partial charge in [0.15, 0.2) is 0 Å². The number of aromatic nitrogens is 1. The number of nitrogens with zero attached hydrogens (tertiary/aromatic N) is 1. The second kappa shape index (κ2) is 6.42. The van der Waals surface area contributed by atoms with E-state index in [2.05, 4.69) is 10.3 Å². The number of halogens is 1. The number of hydrogen-bond donors (Lipinski definition) is 2. The van der Waals surface area contributed by atoms with Crippen LogP contribution in [0.15, 0.2) is 48.7 Å². The van der Waals surface area contributed by atoms with Gasteiger partial charge in [-0.25, -0.2) is 14.2 Å². The summed E-state index contributed by atoms with van der Waals surface area (Å²) in [4.78, 5) is 26.3. The Morgan fingerprint density at radius 2 is 2.05 bits per heavy atom. The Balaban J connectivity index is 2.14. The number of carboxylic acids is 1. The number of aliphatic carboxylic acids is 1. The Labute approximate surface area is 119 Å². The van der Waals surface area contributed by atoms with Crippen LogP contribution in [0.5, 0.6) is 0 Å². The first-order valence-corrected chi connectivity index (χ1v) is 5.98. The van der Waals surface area contributed by atoms with Crippen LogP contribution in [0, 0.1) is 5.82 Å². The van der Waals surface area contributed by atoms with Crippen molar-refractivity contribution in [1.29, 1.82) is 0 Å². The molecular weight excluding hydrogens is 275 g/mol. The maximum Gasteiger partial charge on any atom is 0.328 e. The van der Waals surface area contributed by atoms with E-state index in [1.54, 1.807) is 6.07 Å². The van der Waals surface area contributed by atoms with Crippen molar-refractivity contribution in [3.8, 4) is 0 Å². The molecule has 0 spiro atoms. The number of benzene rings is 1. The number of carbonyl (C=O) groups is 2. The van der Waals surface area contributed by atoms with Crippen LogP contribution in [0.3, 0.4) is 0 Å². The van der Waals surface area contributed by atoms with E-state index in [4.69, 9.17) is 5.11 Å². The second-order valence-electron chi connectivity index (χ2n) is 4.11. The zero-order valence-electron chi connectivity index (χ0n) is 10.8. The van der Waals surface area contributed by atoms with Gasteiger partial charge in [-0.3, -0.25) is 4.79 Å². The molecule has 106 valence electrons. The first kappa shape index (κ1) is 14.4. The number of amides is 1. The summed E-state index contributed by atoms with van der Waals surface area (Å²) in [5.41, 5.74) is 0.741. The predicted molar refractivity (Wildman–Crippen MR) is 75.3 cm³/mol. The van der Waals surface area contributed by atoms with Crippen LogP contribution >= 0.6 is 0 Å². The van der Waals surface area contributed by atoms with Crippen LogP contribution in [-0.2, 0) is 4.79 Å². The van der Waals surface area contributed by atoms with Gasteiger partial charge < -0.3 is 10.4 Å². The van der Waals surface area contributed by atoms with Crippen molar-refractivity contribution in [3.05, 3.63) is 65.6 Å². The van der Waals surface area contributed by atoms with E-state index in [9.17, 15) is 14.0 Å². The van der Waals surface area contributed by atoms with E-state index in [1.165, 1.54) is 36.5 Å². The highest BCUT2D eigenvalue weighted by atomic mass is 19.1. The van der Waals surface area contributed by atoms with Crippen LogP contribution in [0.25, 0.3) is 6.08 Å². The summed E-state index contributed by atoms with van der Waals surface area (Å²) in [6.45, 7) is 0. The van der Waals surface area contributed by atoms with Crippen molar-refractivity contribution in [3.63, 3.8) is 0 Å². The third kappa shape index (κ3) is 4.24. The molecule has 2 N–H and O–H groups in total. The average molecular weight is 286 g/mol. The number of hydrogen-bond acceptors (Lipinski definition) is 3. The molecule has 21 heavy (non-hydrogen) atoms. The lowest BCUT2D eigenvalue weighted by Gasteiger charge is -2.05. The van der Waals surface area contributed by atoms with Gasteiger partial charge in [0.05, 0.1) is 0 Å². The smallest absolute Gasteiger partial charge is 0.328 e. The largest absolute Gasteiger partial charge is 0.478 e. The van der Waals surface area contributed by atoms with Gasteiger partial charge in [-0.1, -0.05) is 6.07 Å². The molecule has 1 aromatic carbocycles. The lowest BCUT2D eigenvalue weighted by Crippen LogP contribution is -2.13. The summed E-state index contributed by atoms with van der Waals surface area (Å²) in [6.07, 6.45) is 3.79. The summed E-state index contributed by atoms with van der Waals surface area (Å²) in [7, 11) is 0. The van der Waals surface area contributed by atoms with Crippen LogP contribution in [0.1, 0.15) is 15.9 Å². The Morgan fingerprint density at radius 1 is 1.24 bits per heavy atom. The summed E-state index contributed by atoms with van der Waals surface area (Å²) in [5, 5.41) is 11.1.